The van der Waals surface area contributed by atoms with E-state index in [1.807, 2.05) is 18.2 Å². The van der Waals surface area contributed by atoms with Crippen LogP contribution in [0.5, 0.6) is 0 Å². The van der Waals surface area contributed by atoms with Gasteiger partial charge in [0.1, 0.15) is 12.4 Å². The number of aliphatic imine (C=N–C) groups is 1. The molecule has 5 heteroatoms. The third kappa shape index (κ3) is 3.37. The molecule has 4 nitrogen and oxygen atoms in total. The Balaban J connectivity index is 1.89. The monoisotopic (exact) mass is 285 g/mol. The van der Waals surface area contributed by atoms with Crippen molar-refractivity contribution >= 4 is 6.02 Å². The van der Waals surface area contributed by atoms with Gasteiger partial charge in [-0.15, -0.1) is 0 Å². The lowest BCUT2D eigenvalue weighted by Crippen LogP contribution is -2.17. The number of hydrogen-bond acceptors (Lipinski definition) is 3. The van der Waals surface area contributed by atoms with Gasteiger partial charge in [-0.25, -0.2) is 9.38 Å². The quantitative estimate of drug-likeness (QED) is 0.938. The van der Waals surface area contributed by atoms with Crippen LogP contribution in [0.1, 0.15) is 17.0 Å². The van der Waals surface area contributed by atoms with Crippen molar-refractivity contribution in [2.45, 2.75) is 5.92 Å². The van der Waals surface area contributed by atoms with Crippen LogP contribution in [0.15, 0.2) is 53.8 Å². The molecule has 2 aromatic rings. The Kier molecular flexibility index (Phi) is 4.09. The van der Waals surface area contributed by atoms with Gasteiger partial charge < -0.3 is 10.1 Å². The highest BCUT2D eigenvalue weighted by Crippen LogP contribution is 2.25. The van der Waals surface area contributed by atoms with Crippen LogP contribution in [0.3, 0.4) is 0 Å². The van der Waals surface area contributed by atoms with E-state index in [4.69, 9.17) is 4.74 Å². The highest BCUT2D eigenvalue weighted by Gasteiger charge is 2.16. The van der Waals surface area contributed by atoms with E-state index in [0.717, 1.165) is 17.7 Å². The molecule has 0 amide bonds. The zero-order valence-corrected chi connectivity index (χ0v) is 11.5. The van der Waals surface area contributed by atoms with E-state index in [9.17, 15) is 4.39 Å². The number of benzene rings is 1. The third-order valence-corrected chi connectivity index (χ3v) is 3.39. The number of hydrogen-bond donors (Lipinski definition) is 1. The van der Waals surface area contributed by atoms with Gasteiger partial charge in [0, 0.05) is 18.3 Å². The minimum absolute atomic E-state index is 0.0257. The molecule has 0 bridgehead atoms. The Labute approximate surface area is 122 Å². The number of nitrogens with one attached hydrogen (secondary N) is 1. The van der Waals surface area contributed by atoms with Crippen molar-refractivity contribution in [2.75, 3.05) is 19.7 Å². The molecule has 1 aliphatic rings. The molecule has 1 aliphatic heterocycles. The minimum atomic E-state index is -0.241. The van der Waals surface area contributed by atoms with Crippen molar-refractivity contribution in [3.05, 3.63) is 65.7 Å². The van der Waals surface area contributed by atoms with Crippen LogP contribution in [0.2, 0.25) is 0 Å². The van der Waals surface area contributed by atoms with E-state index in [0.29, 0.717) is 19.2 Å². The lowest BCUT2D eigenvalue weighted by atomic mass is 9.92. The Morgan fingerprint density at radius 2 is 2.10 bits per heavy atom. The summed E-state index contributed by atoms with van der Waals surface area (Å²) in [6, 6.07) is 11.0. The Morgan fingerprint density at radius 3 is 2.81 bits per heavy atom. The number of rotatable bonds is 4. The molecule has 0 spiro atoms. The van der Waals surface area contributed by atoms with Gasteiger partial charge in [-0.05, 0) is 35.4 Å². The standard InChI is InChI=1S/C16H16FN3O/c17-14-3-1-2-13(10-14)15(12-4-6-18-7-5-12)11-20-16-19-8-9-21-16/h1-7,10,15H,8-9,11H2,(H,19,20). The van der Waals surface area contributed by atoms with Gasteiger partial charge in [0.05, 0.1) is 13.1 Å². The summed E-state index contributed by atoms with van der Waals surface area (Å²) in [5, 5.41) is 3.07. The van der Waals surface area contributed by atoms with Crippen LogP contribution < -0.4 is 5.32 Å². The van der Waals surface area contributed by atoms with Crippen molar-refractivity contribution in [3.8, 4) is 0 Å². The number of amidine groups is 1. The van der Waals surface area contributed by atoms with E-state index in [1.165, 1.54) is 6.07 Å². The van der Waals surface area contributed by atoms with Crippen molar-refractivity contribution in [3.63, 3.8) is 0 Å². The summed E-state index contributed by atoms with van der Waals surface area (Å²) in [4.78, 5) is 8.48. The maximum atomic E-state index is 13.5. The molecule has 108 valence electrons. The van der Waals surface area contributed by atoms with Crippen molar-refractivity contribution in [1.82, 2.24) is 10.3 Å². The van der Waals surface area contributed by atoms with Crippen molar-refractivity contribution in [2.24, 2.45) is 4.99 Å². The molecule has 1 aromatic carbocycles. The molecule has 21 heavy (non-hydrogen) atoms. The molecule has 0 radical (unpaired) electrons. The average molecular weight is 285 g/mol. The van der Waals surface area contributed by atoms with Crippen LogP contribution in [0, 0.1) is 5.82 Å². The Morgan fingerprint density at radius 1 is 1.24 bits per heavy atom. The summed E-state index contributed by atoms with van der Waals surface area (Å²) in [5.74, 6) is -0.267. The molecule has 3 rings (SSSR count). The van der Waals surface area contributed by atoms with Crippen LogP contribution in [0.4, 0.5) is 4.39 Å². The third-order valence-electron chi connectivity index (χ3n) is 3.39. The fourth-order valence-corrected chi connectivity index (χ4v) is 2.35. The summed E-state index contributed by atoms with van der Waals surface area (Å²) in [6.45, 7) is 1.91. The molecule has 2 heterocycles. The molecule has 0 saturated carbocycles. The second-order valence-electron chi connectivity index (χ2n) is 4.81. The molecule has 1 unspecified atom stereocenters. The first-order chi connectivity index (χ1) is 10.3. The topological polar surface area (TPSA) is 46.5 Å². The van der Waals surface area contributed by atoms with E-state index in [-0.39, 0.29) is 11.7 Å². The molecule has 1 atom stereocenters. The number of ether oxygens (including phenoxy) is 1. The zero-order valence-electron chi connectivity index (χ0n) is 11.5. The van der Waals surface area contributed by atoms with Gasteiger partial charge in [-0.3, -0.25) is 4.98 Å². The molecular weight excluding hydrogens is 269 g/mol. The minimum Gasteiger partial charge on any atom is -0.463 e. The molecule has 0 aliphatic carbocycles. The average Bonchev–Trinajstić information content (AvgIpc) is 3.02. The predicted molar refractivity (Wildman–Crippen MR) is 78.7 cm³/mol. The summed E-state index contributed by atoms with van der Waals surface area (Å²) < 4.78 is 18.9. The molecule has 1 fully saturated rings. The van der Waals surface area contributed by atoms with E-state index >= 15 is 0 Å². The van der Waals surface area contributed by atoms with E-state index in [1.54, 1.807) is 24.5 Å². The summed E-state index contributed by atoms with van der Waals surface area (Å²) >= 11 is 0. The van der Waals surface area contributed by atoms with E-state index < -0.39 is 0 Å². The van der Waals surface area contributed by atoms with Gasteiger partial charge in [-0.1, -0.05) is 12.1 Å². The van der Waals surface area contributed by atoms with E-state index in [2.05, 4.69) is 15.3 Å². The predicted octanol–water partition coefficient (Wildman–Crippen LogP) is 2.33. The zero-order chi connectivity index (χ0) is 14.5. The maximum absolute atomic E-state index is 13.5. The summed E-state index contributed by atoms with van der Waals surface area (Å²) in [7, 11) is 0. The van der Waals surface area contributed by atoms with Crippen LogP contribution in [-0.4, -0.2) is 30.7 Å². The Hall–Kier alpha value is -2.43. The van der Waals surface area contributed by atoms with Crippen molar-refractivity contribution in [1.29, 1.82) is 0 Å². The first-order valence-corrected chi connectivity index (χ1v) is 6.89. The van der Waals surface area contributed by atoms with Crippen LogP contribution in [-0.2, 0) is 4.74 Å². The number of nitrogens with zero attached hydrogens (tertiary/aromatic N) is 2. The SMILES string of the molecule is Fc1cccc(C(CN=C2NCCO2)c2ccncc2)c1. The summed E-state index contributed by atoms with van der Waals surface area (Å²) in [6.07, 6.45) is 3.47. The largest absolute Gasteiger partial charge is 0.463 e. The number of pyridine rings is 1. The second-order valence-corrected chi connectivity index (χ2v) is 4.81. The van der Waals surface area contributed by atoms with Gasteiger partial charge in [0.25, 0.3) is 6.02 Å². The van der Waals surface area contributed by atoms with Crippen LogP contribution in [0.25, 0.3) is 0 Å². The lowest BCUT2D eigenvalue weighted by Gasteiger charge is -2.16. The van der Waals surface area contributed by atoms with Crippen LogP contribution >= 0.6 is 0 Å². The molecule has 1 saturated heterocycles. The van der Waals surface area contributed by atoms with Gasteiger partial charge in [-0.2, -0.15) is 0 Å². The highest BCUT2D eigenvalue weighted by atomic mass is 19.1. The number of halogens is 1. The Bertz CT molecular complexity index is 622. The number of aromatic nitrogens is 1. The van der Waals surface area contributed by atoms with Gasteiger partial charge in [0.2, 0.25) is 0 Å². The maximum Gasteiger partial charge on any atom is 0.284 e. The fourth-order valence-electron chi connectivity index (χ4n) is 2.35. The lowest BCUT2D eigenvalue weighted by molar-refractivity contribution is 0.350. The second kappa shape index (κ2) is 6.35. The normalized spacial score (nSPS) is 17.3. The highest BCUT2D eigenvalue weighted by molar-refractivity contribution is 5.75. The first kappa shape index (κ1) is 13.5. The van der Waals surface area contributed by atoms with Gasteiger partial charge in [0.15, 0.2) is 0 Å². The van der Waals surface area contributed by atoms with Crippen molar-refractivity contribution < 1.29 is 9.13 Å². The van der Waals surface area contributed by atoms with Gasteiger partial charge >= 0.3 is 0 Å². The first-order valence-electron chi connectivity index (χ1n) is 6.89. The molecular formula is C16H16FN3O. The molecule has 1 N–H and O–H groups in total. The smallest absolute Gasteiger partial charge is 0.284 e. The summed E-state index contributed by atoms with van der Waals surface area (Å²) in [5.41, 5.74) is 1.95. The fraction of sp³-hybridized carbons (Fsp3) is 0.250. The molecule has 1 aromatic heterocycles.